The highest BCUT2D eigenvalue weighted by Crippen LogP contribution is 2.25. The molecule has 0 aliphatic rings. The van der Waals surface area contributed by atoms with Crippen molar-refractivity contribution in [1.82, 2.24) is 5.32 Å². The Morgan fingerprint density at radius 1 is 1.45 bits per heavy atom. The SMILES string of the molecule is COc1ccc(C#CCCO)cc1NC(=O)NC(C)C. The molecule has 0 saturated carbocycles. The minimum Gasteiger partial charge on any atom is -0.495 e. The molecule has 0 unspecified atom stereocenters. The molecule has 0 fully saturated rings. The minimum atomic E-state index is -0.293. The summed E-state index contributed by atoms with van der Waals surface area (Å²) < 4.78 is 5.20. The maximum Gasteiger partial charge on any atom is 0.319 e. The third-order valence-corrected chi connectivity index (χ3v) is 2.34. The van der Waals surface area contributed by atoms with Crippen LogP contribution in [0.3, 0.4) is 0 Å². The van der Waals surface area contributed by atoms with Gasteiger partial charge in [-0.2, -0.15) is 0 Å². The molecule has 1 rings (SSSR count). The molecule has 0 atom stereocenters. The summed E-state index contributed by atoms with van der Waals surface area (Å²) in [6.45, 7) is 3.80. The van der Waals surface area contributed by atoms with E-state index in [1.807, 2.05) is 13.8 Å². The van der Waals surface area contributed by atoms with Crippen LogP contribution in [0.1, 0.15) is 25.8 Å². The summed E-state index contributed by atoms with van der Waals surface area (Å²) in [5, 5.41) is 14.2. The number of ether oxygens (including phenoxy) is 1. The summed E-state index contributed by atoms with van der Waals surface area (Å²) in [5.41, 5.74) is 1.31. The van der Waals surface area contributed by atoms with Crippen molar-refractivity contribution in [1.29, 1.82) is 0 Å². The van der Waals surface area contributed by atoms with Crippen LogP contribution in [-0.4, -0.2) is 30.9 Å². The molecule has 5 nitrogen and oxygen atoms in total. The number of amides is 2. The van der Waals surface area contributed by atoms with E-state index < -0.39 is 0 Å². The average molecular weight is 276 g/mol. The first kappa shape index (κ1) is 15.9. The van der Waals surface area contributed by atoms with Gasteiger partial charge in [0.1, 0.15) is 5.75 Å². The number of aliphatic hydroxyl groups excluding tert-OH is 1. The van der Waals surface area contributed by atoms with Crippen LogP contribution < -0.4 is 15.4 Å². The normalized spacial score (nSPS) is 9.65. The van der Waals surface area contributed by atoms with E-state index in [0.717, 1.165) is 5.56 Å². The van der Waals surface area contributed by atoms with Crippen LogP contribution in [-0.2, 0) is 0 Å². The molecule has 3 N–H and O–H groups in total. The van der Waals surface area contributed by atoms with E-state index in [-0.39, 0.29) is 18.7 Å². The lowest BCUT2D eigenvalue weighted by atomic mass is 10.2. The van der Waals surface area contributed by atoms with Gasteiger partial charge in [0.2, 0.25) is 0 Å². The summed E-state index contributed by atoms with van der Waals surface area (Å²) in [7, 11) is 1.54. The van der Waals surface area contributed by atoms with Gasteiger partial charge in [0.05, 0.1) is 19.4 Å². The summed E-state index contributed by atoms with van der Waals surface area (Å²) >= 11 is 0. The van der Waals surface area contributed by atoms with Crippen molar-refractivity contribution in [2.24, 2.45) is 0 Å². The number of carbonyl (C=O) groups excluding carboxylic acids is 1. The first-order valence-corrected chi connectivity index (χ1v) is 6.42. The van der Waals surface area contributed by atoms with Gasteiger partial charge in [-0.25, -0.2) is 4.79 Å². The Bertz CT molecular complexity index is 516. The number of rotatable bonds is 4. The van der Waals surface area contributed by atoms with Gasteiger partial charge in [-0.05, 0) is 32.0 Å². The van der Waals surface area contributed by atoms with Crippen molar-refractivity contribution in [3.63, 3.8) is 0 Å². The van der Waals surface area contributed by atoms with Gasteiger partial charge in [-0.15, -0.1) is 0 Å². The van der Waals surface area contributed by atoms with E-state index in [9.17, 15) is 4.79 Å². The molecule has 20 heavy (non-hydrogen) atoms. The van der Waals surface area contributed by atoms with E-state index in [4.69, 9.17) is 9.84 Å². The van der Waals surface area contributed by atoms with E-state index in [2.05, 4.69) is 22.5 Å². The fraction of sp³-hybridized carbons (Fsp3) is 0.400. The van der Waals surface area contributed by atoms with Crippen LogP contribution in [0.4, 0.5) is 10.5 Å². The number of hydrogen-bond donors (Lipinski definition) is 3. The fourth-order valence-electron chi connectivity index (χ4n) is 1.52. The van der Waals surface area contributed by atoms with Gasteiger partial charge < -0.3 is 20.5 Å². The van der Waals surface area contributed by atoms with Gasteiger partial charge in [-0.3, -0.25) is 0 Å². The number of anilines is 1. The lowest BCUT2D eigenvalue weighted by Gasteiger charge is -2.13. The second kappa shape index (κ2) is 8.08. The molecule has 0 saturated heterocycles. The Hall–Kier alpha value is -2.19. The molecule has 0 radical (unpaired) electrons. The number of hydrogen-bond acceptors (Lipinski definition) is 3. The molecule has 0 aliphatic carbocycles. The van der Waals surface area contributed by atoms with Gasteiger partial charge in [0.15, 0.2) is 0 Å². The van der Waals surface area contributed by atoms with Gasteiger partial charge >= 0.3 is 6.03 Å². The largest absolute Gasteiger partial charge is 0.495 e. The molecule has 0 aliphatic heterocycles. The molecule has 1 aromatic carbocycles. The predicted octanol–water partition coefficient (Wildman–Crippen LogP) is 1.96. The predicted molar refractivity (Wildman–Crippen MR) is 78.9 cm³/mol. The minimum absolute atomic E-state index is 0.0328. The van der Waals surface area contributed by atoms with Crippen LogP contribution in [0.25, 0.3) is 0 Å². The molecular weight excluding hydrogens is 256 g/mol. The zero-order valence-electron chi connectivity index (χ0n) is 12.0. The van der Waals surface area contributed by atoms with E-state index in [0.29, 0.717) is 17.9 Å². The standard InChI is InChI=1S/C15H20N2O3/c1-11(2)16-15(19)17-13-10-12(6-4-5-9-18)7-8-14(13)20-3/h7-8,10-11,18H,5,9H2,1-3H3,(H2,16,17,19). The smallest absolute Gasteiger partial charge is 0.319 e. The molecule has 0 bridgehead atoms. The first-order chi connectivity index (χ1) is 9.56. The van der Waals surface area contributed by atoms with E-state index in [1.54, 1.807) is 18.2 Å². The zero-order valence-corrected chi connectivity index (χ0v) is 12.0. The van der Waals surface area contributed by atoms with Crippen molar-refractivity contribution in [2.75, 3.05) is 19.0 Å². The maximum atomic E-state index is 11.7. The summed E-state index contributed by atoms with van der Waals surface area (Å²) in [6, 6.07) is 5.04. The lowest BCUT2D eigenvalue weighted by Crippen LogP contribution is -2.34. The highest BCUT2D eigenvalue weighted by Gasteiger charge is 2.08. The number of nitrogens with one attached hydrogen (secondary N) is 2. The highest BCUT2D eigenvalue weighted by molar-refractivity contribution is 5.91. The third kappa shape index (κ3) is 5.21. The van der Waals surface area contributed by atoms with Crippen LogP contribution in [0.2, 0.25) is 0 Å². The zero-order chi connectivity index (χ0) is 15.0. The summed E-state index contributed by atoms with van der Waals surface area (Å²) in [4.78, 5) is 11.7. The molecule has 0 aromatic heterocycles. The molecule has 2 amide bonds. The maximum absolute atomic E-state index is 11.7. The monoisotopic (exact) mass is 276 g/mol. The second-order valence-electron chi connectivity index (χ2n) is 4.44. The molecular formula is C15H20N2O3. The Kier molecular flexibility index (Phi) is 6.41. The molecule has 108 valence electrons. The van der Waals surface area contributed by atoms with E-state index in [1.165, 1.54) is 7.11 Å². The van der Waals surface area contributed by atoms with Crippen LogP contribution >= 0.6 is 0 Å². The number of urea groups is 1. The Labute approximate surface area is 119 Å². The molecule has 0 spiro atoms. The number of methoxy groups -OCH3 is 1. The van der Waals surface area contributed by atoms with Gasteiger partial charge in [0.25, 0.3) is 0 Å². The van der Waals surface area contributed by atoms with E-state index >= 15 is 0 Å². The van der Waals surface area contributed by atoms with Crippen LogP contribution in [0, 0.1) is 11.8 Å². The molecule has 0 heterocycles. The Balaban J connectivity index is 2.89. The van der Waals surface area contributed by atoms with Gasteiger partial charge in [0, 0.05) is 18.0 Å². The second-order valence-corrected chi connectivity index (χ2v) is 4.44. The number of benzene rings is 1. The summed E-state index contributed by atoms with van der Waals surface area (Å²) in [6.07, 6.45) is 0.419. The van der Waals surface area contributed by atoms with Crippen molar-refractivity contribution in [3.05, 3.63) is 23.8 Å². The fourth-order valence-corrected chi connectivity index (χ4v) is 1.52. The van der Waals surface area contributed by atoms with Crippen molar-refractivity contribution in [2.45, 2.75) is 26.3 Å². The molecule has 5 heteroatoms. The van der Waals surface area contributed by atoms with Crippen LogP contribution in [0.5, 0.6) is 5.75 Å². The Morgan fingerprint density at radius 2 is 2.20 bits per heavy atom. The Morgan fingerprint density at radius 3 is 2.80 bits per heavy atom. The lowest BCUT2D eigenvalue weighted by molar-refractivity contribution is 0.250. The summed E-state index contributed by atoms with van der Waals surface area (Å²) in [5.74, 6) is 6.31. The highest BCUT2D eigenvalue weighted by atomic mass is 16.5. The number of carbonyl (C=O) groups is 1. The number of aliphatic hydroxyl groups is 1. The topological polar surface area (TPSA) is 70.6 Å². The van der Waals surface area contributed by atoms with Crippen molar-refractivity contribution < 1.29 is 14.6 Å². The van der Waals surface area contributed by atoms with Crippen molar-refractivity contribution >= 4 is 11.7 Å². The first-order valence-electron chi connectivity index (χ1n) is 6.42. The van der Waals surface area contributed by atoms with Gasteiger partial charge in [-0.1, -0.05) is 11.8 Å². The molecule has 1 aromatic rings. The van der Waals surface area contributed by atoms with Crippen LogP contribution in [0.15, 0.2) is 18.2 Å². The quantitative estimate of drug-likeness (QED) is 0.736. The van der Waals surface area contributed by atoms with Crippen molar-refractivity contribution in [3.8, 4) is 17.6 Å². The average Bonchev–Trinajstić information content (AvgIpc) is 2.38. The third-order valence-electron chi connectivity index (χ3n) is 2.34.